The van der Waals surface area contributed by atoms with Crippen LogP contribution in [0.5, 0.6) is 11.6 Å². The minimum atomic E-state index is -0.314. The number of methoxy groups -OCH3 is 1. The number of amides is 2. The molecule has 0 saturated carbocycles. The molecule has 9 nitrogen and oxygen atoms in total. The van der Waals surface area contributed by atoms with Crippen molar-refractivity contribution in [2.75, 3.05) is 24.4 Å². The third-order valence-corrected chi connectivity index (χ3v) is 4.60. The Morgan fingerprint density at radius 3 is 2.70 bits per heavy atom. The van der Waals surface area contributed by atoms with Gasteiger partial charge in [0.15, 0.2) is 5.65 Å². The molecule has 4 rings (SSSR count). The molecule has 2 aromatic carbocycles. The van der Waals surface area contributed by atoms with Gasteiger partial charge < -0.3 is 25.1 Å². The maximum absolute atomic E-state index is 11.8. The van der Waals surface area contributed by atoms with Crippen molar-refractivity contribution in [1.29, 1.82) is 0 Å². The first-order chi connectivity index (χ1) is 16.1. The van der Waals surface area contributed by atoms with Crippen LogP contribution >= 0.6 is 0 Å². The largest absolute Gasteiger partial charge is 0.437 e. The van der Waals surface area contributed by atoms with Gasteiger partial charge in [-0.2, -0.15) is 0 Å². The van der Waals surface area contributed by atoms with E-state index in [0.29, 0.717) is 34.2 Å². The summed E-state index contributed by atoms with van der Waals surface area (Å²) >= 11 is 0. The third kappa shape index (κ3) is 5.23. The van der Waals surface area contributed by atoms with Crippen LogP contribution in [-0.4, -0.2) is 40.5 Å². The van der Waals surface area contributed by atoms with Gasteiger partial charge in [-0.25, -0.2) is 9.97 Å². The zero-order valence-corrected chi connectivity index (χ0v) is 17.8. The van der Waals surface area contributed by atoms with E-state index >= 15 is 0 Å². The molecule has 0 aliphatic rings. The number of carbonyl (C=O) groups excluding carboxylic acids is 2. The van der Waals surface area contributed by atoms with E-state index in [0.717, 1.165) is 11.1 Å². The van der Waals surface area contributed by atoms with Crippen LogP contribution in [0, 0.1) is 0 Å². The molecule has 2 amide bonds. The Kier molecular flexibility index (Phi) is 6.42. The second-order valence-corrected chi connectivity index (χ2v) is 6.99. The Morgan fingerprint density at radius 1 is 1.12 bits per heavy atom. The number of aromatic amines is 1. The standard InChI is InChI=1S/C24H21N5O4/c1-3-20(30)27-17-8-5-9-18(11-17)33-22-13-26-24-23(29-22)19(12-25-24)15-6-4-7-16(10-15)28-21(31)14-32-2/h3-13H,1,14H2,2H3,(H,25,26)(H,27,30)(H,28,31). The number of benzene rings is 2. The van der Waals surface area contributed by atoms with Crippen molar-refractivity contribution in [3.63, 3.8) is 0 Å². The molecule has 0 aliphatic carbocycles. The Hall–Kier alpha value is -4.50. The number of fused-ring (bicyclic) bond motifs is 1. The summed E-state index contributed by atoms with van der Waals surface area (Å²) in [5.74, 6) is 0.229. The van der Waals surface area contributed by atoms with Crippen LogP contribution in [0.15, 0.2) is 73.6 Å². The van der Waals surface area contributed by atoms with Crippen LogP contribution in [0.4, 0.5) is 11.4 Å². The van der Waals surface area contributed by atoms with Crippen molar-refractivity contribution in [3.8, 4) is 22.8 Å². The summed E-state index contributed by atoms with van der Waals surface area (Å²) in [7, 11) is 1.47. The summed E-state index contributed by atoms with van der Waals surface area (Å²) in [6.45, 7) is 3.42. The summed E-state index contributed by atoms with van der Waals surface area (Å²) in [6.07, 6.45) is 4.51. The van der Waals surface area contributed by atoms with E-state index < -0.39 is 0 Å². The van der Waals surface area contributed by atoms with Gasteiger partial charge in [0.05, 0.1) is 6.20 Å². The van der Waals surface area contributed by atoms with Gasteiger partial charge in [-0.1, -0.05) is 24.8 Å². The van der Waals surface area contributed by atoms with Crippen LogP contribution < -0.4 is 15.4 Å². The number of nitrogens with zero attached hydrogens (tertiary/aromatic N) is 2. The molecule has 3 N–H and O–H groups in total. The maximum Gasteiger partial charge on any atom is 0.250 e. The van der Waals surface area contributed by atoms with Gasteiger partial charge in [-0.3, -0.25) is 9.59 Å². The van der Waals surface area contributed by atoms with Crippen molar-refractivity contribution < 1.29 is 19.1 Å². The summed E-state index contributed by atoms with van der Waals surface area (Å²) < 4.78 is 10.7. The Morgan fingerprint density at radius 2 is 1.91 bits per heavy atom. The van der Waals surface area contributed by atoms with Crippen molar-refractivity contribution in [2.24, 2.45) is 0 Å². The fourth-order valence-electron chi connectivity index (χ4n) is 3.19. The quantitative estimate of drug-likeness (QED) is 0.353. The predicted molar refractivity (Wildman–Crippen MR) is 125 cm³/mol. The summed E-state index contributed by atoms with van der Waals surface area (Å²) in [6, 6.07) is 14.3. The van der Waals surface area contributed by atoms with Gasteiger partial charge in [0.25, 0.3) is 0 Å². The first-order valence-electron chi connectivity index (χ1n) is 10.0. The lowest BCUT2D eigenvalue weighted by Crippen LogP contribution is -2.16. The molecular formula is C24H21N5O4. The summed E-state index contributed by atoms with van der Waals surface area (Å²) in [5, 5.41) is 5.47. The molecule has 0 saturated heterocycles. The highest BCUT2D eigenvalue weighted by molar-refractivity contribution is 5.99. The topological polar surface area (TPSA) is 118 Å². The van der Waals surface area contributed by atoms with E-state index in [4.69, 9.17) is 9.47 Å². The lowest BCUT2D eigenvalue weighted by Gasteiger charge is -2.08. The zero-order chi connectivity index (χ0) is 23.2. The second-order valence-electron chi connectivity index (χ2n) is 6.99. The van der Waals surface area contributed by atoms with Gasteiger partial charge in [0, 0.05) is 36.3 Å². The fraction of sp³-hybridized carbons (Fsp3) is 0.0833. The SMILES string of the molecule is C=CC(=O)Nc1cccc(Oc2cnc3[nH]cc(-c4cccc(NC(=O)COC)c4)c3n2)c1. The number of rotatable bonds is 8. The number of carbonyl (C=O) groups is 2. The minimum Gasteiger partial charge on any atom is -0.437 e. The molecule has 0 bridgehead atoms. The fourth-order valence-corrected chi connectivity index (χ4v) is 3.19. The van der Waals surface area contributed by atoms with Crippen molar-refractivity contribution in [1.82, 2.24) is 15.0 Å². The Labute approximate surface area is 189 Å². The first-order valence-corrected chi connectivity index (χ1v) is 10.0. The molecule has 2 heterocycles. The molecule has 0 radical (unpaired) electrons. The minimum absolute atomic E-state index is 0.0258. The molecule has 0 spiro atoms. The first kappa shape index (κ1) is 21.7. The number of nitrogens with one attached hydrogen (secondary N) is 3. The Balaban J connectivity index is 1.60. The van der Waals surface area contributed by atoms with Crippen LogP contribution in [-0.2, 0) is 14.3 Å². The van der Waals surface area contributed by atoms with Crippen LogP contribution in [0.3, 0.4) is 0 Å². The molecule has 2 aromatic heterocycles. The third-order valence-electron chi connectivity index (χ3n) is 4.60. The van der Waals surface area contributed by atoms with Gasteiger partial charge in [-0.05, 0) is 35.9 Å². The van der Waals surface area contributed by atoms with E-state index in [-0.39, 0.29) is 18.4 Å². The smallest absolute Gasteiger partial charge is 0.250 e. The number of hydrogen-bond donors (Lipinski definition) is 3. The van der Waals surface area contributed by atoms with Crippen molar-refractivity contribution in [3.05, 3.63) is 73.6 Å². The number of ether oxygens (including phenoxy) is 2. The van der Waals surface area contributed by atoms with Crippen LogP contribution in [0.25, 0.3) is 22.3 Å². The maximum atomic E-state index is 11.8. The van der Waals surface area contributed by atoms with Crippen molar-refractivity contribution in [2.45, 2.75) is 0 Å². The molecule has 0 fully saturated rings. The summed E-state index contributed by atoms with van der Waals surface area (Å²) in [5.41, 5.74) is 4.07. The van der Waals surface area contributed by atoms with E-state index in [1.165, 1.54) is 19.4 Å². The monoisotopic (exact) mass is 443 g/mol. The normalized spacial score (nSPS) is 10.6. The van der Waals surface area contributed by atoms with E-state index in [9.17, 15) is 9.59 Å². The molecule has 0 atom stereocenters. The number of hydrogen-bond acceptors (Lipinski definition) is 6. The Bertz CT molecular complexity index is 1330. The predicted octanol–water partition coefficient (Wildman–Crippen LogP) is 4.13. The van der Waals surface area contributed by atoms with Gasteiger partial charge in [-0.15, -0.1) is 0 Å². The molecule has 33 heavy (non-hydrogen) atoms. The highest BCUT2D eigenvalue weighted by Gasteiger charge is 2.12. The average Bonchev–Trinajstić information content (AvgIpc) is 3.23. The van der Waals surface area contributed by atoms with E-state index in [1.54, 1.807) is 36.5 Å². The van der Waals surface area contributed by atoms with E-state index in [2.05, 4.69) is 32.2 Å². The van der Waals surface area contributed by atoms with Crippen LogP contribution in [0.1, 0.15) is 0 Å². The summed E-state index contributed by atoms with van der Waals surface area (Å²) in [4.78, 5) is 35.5. The second kappa shape index (κ2) is 9.75. The number of H-pyrrole nitrogens is 1. The lowest BCUT2D eigenvalue weighted by atomic mass is 10.1. The number of anilines is 2. The molecule has 0 aliphatic heterocycles. The molecule has 9 heteroatoms. The van der Waals surface area contributed by atoms with Crippen molar-refractivity contribution >= 4 is 34.4 Å². The average molecular weight is 443 g/mol. The molecule has 0 unspecified atom stereocenters. The van der Waals surface area contributed by atoms with Gasteiger partial charge in [0.2, 0.25) is 17.7 Å². The highest BCUT2D eigenvalue weighted by atomic mass is 16.5. The van der Waals surface area contributed by atoms with Gasteiger partial charge >= 0.3 is 0 Å². The van der Waals surface area contributed by atoms with Gasteiger partial charge in [0.1, 0.15) is 17.9 Å². The van der Waals surface area contributed by atoms with E-state index in [1.807, 2.05) is 18.2 Å². The molecular weight excluding hydrogens is 422 g/mol. The molecule has 4 aromatic rings. The highest BCUT2D eigenvalue weighted by Crippen LogP contribution is 2.30. The lowest BCUT2D eigenvalue weighted by molar-refractivity contribution is -0.119. The molecule has 166 valence electrons. The van der Waals surface area contributed by atoms with Crippen LogP contribution in [0.2, 0.25) is 0 Å². The number of aromatic nitrogens is 3. The zero-order valence-electron chi connectivity index (χ0n) is 17.8.